The van der Waals surface area contributed by atoms with Crippen LogP contribution in [-0.2, 0) is 28.3 Å². The molecule has 1 saturated heterocycles. The third-order valence-corrected chi connectivity index (χ3v) is 4.53. The molecule has 1 aliphatic heterocycles. The summed E-state index contributed by atoms with van der Waals surface area (Å²) in [5.41, 5.74) is 1.61. The summed E-state index contributed by atoms with van der Waals surface area (Å²) in [7, 11) is 0. The molecule has 0 unspecified atom stereocenters. The van der Waals surface area contributed by atoms with Crippen LogP contribution in [0.3, 0.4) is 0 Å². The molecule has 0 spiro atoms. The van der Waals surface area contributed by atoms with Gasteiger partial charge in [-0.15, -0.1) is 11.6 Å². The van der Waals surface area contributed by atoms with Crippen molar-refractivity contribution in [1.82, 2.24) is 9.55 Å². The molecule has 130 valence electrons. The highest BCUT2D eigenvalue weighted by Gasteiger charge is 2.27. The van der Waals surface area contributed by atoms with Crippen LogP contribution in [0.4, 0.5) is 4.39 Å². The van der Waals surface area contributed by atoms with E-state index in [4.69, 9.17) is 21.1 Å². The first-order valence-corrected chi connectivity index (χ1v) is 8.69. The number of aromatic nitrogens is 2. The quantitative estimate of drug-likeness (QED) is 0.589. The van der Waals surface area contributed by atoms with Crippen LogP contribution in [0.1, 0.15) is 42.0 Å². The van der Waals surface area contributed by atoms with Crippen molar-refractivity contribution in [3.8, 4) is 0 Å². The standard InChI is InChI=1S/C17H20ClFN2O3/c1-3-10-7-12(17(22)23-4-2)14(19)16-15(10)20-13(8-18)21(16)9-11-5-6-24-11/h7,11H,3-6,8-9H2,1-2H3/t11-/m0/s1. The van der Waals surface area contributed by atoms with Gasteiger partial charge in [0.05, 0.1) is 36.2 Å². The molecule has 1 aromatic heterocycles. The second kappa shape index (κ2) is 7.07. The molecule has 1 aromatic carbocycles. The second-order valence-corrected chi connectivity index (χ2v) is 5.99. The molecule has 3 rings (SSSR count). The molecule has 0 N–H and O–H groups in total. The zero-order valence-electron chi connectivity index (χ0n) is 13.8. The minimum absolute atomic E-state index is 0.0279. The fraction of sp³-hybridized carbons (Fsp3) is 0.529. The van der Waals surface area contributed by atoms with Crippen LogP contribution < -0.4 is 0 Å². The van der Waals surface area contributed by atoms with E-state index in [0.717, 1.165) is 12.0 Å². The van der Waals surface area contributed by atoms with Crippen LogP contribution in [-0.4, -0.2) is 34.8 Å². The lowest BCUT2D eigenvalue weighted by Gasteiger charge is -2.27. The van der Waals surface area contributed by atoms with Crippen LogP contribution in [0.15, 0.2) is 6.07 Å². The van der Waals surface area contributed by atoms with E-state index in [0.29, 0.717) is 36.4 Å². The first-order chi connectivity index (χ1) is 11.6. The number of carbonyl (C=O) groups is 1. The molecule has 0 bridgehead atoms. The Morgan fingerprint density at radius 2 is 2.29 bits per heavy atom. The lowest BCUT2D eigenvalue weighted by Crippen LogP contribution is -2.31. The number of nitrogens with zero attached hydrogens (tertiary/aromatic N) is 2. The molecule has 0 saturated carbocycles. The number of ether oxygens (including phenoxy) is 2. The van der Waals surface area contributed by atoms with Gasteiger partial charge in [0, 0.05) is 6.61 Å². The first-order valence-electron chi connectivity index (χ1n) is 8.15. The van der Waals surface area contributed by atoms with Crippen molar-refractivity contribution in [2.75, 3.05) is 13.2 Å². The van der Waals surface area contributed by atoms with Gasteiger partial charge in [0.25, 0.3) is 0 Å². The minimum atomic E-state index is -0.660. The van der Waals surface area contributed by atoms with Gasteiger partial charge in [-0.3, -0.25) is 0 Å². The maximum atomic E-state index is 15.1. The monoisotopic (exact) mass is 354 g/mol. The van der Waals surface area contributed by atoms with E-state index in [2.05, 4.69) is 4.98 Å². The van der Waals surface area contributed by atoms with Crippen molar-refractivity contribution in [2.45, 2.75) is 45.2 Å². The molecule has 2 heterocycles. The zero-order valence-corrected chi connectivity index (χ0v) is 14.5. The van der Waals surface area contributed by atoms with Gasteiger partial charge in [-0.05, 0) is 31.4 Å². The largest absolute Gasteiger partial charge is 0.462 e. The molecular formula is C17H20ClFN2O3. The molecule has 2 aromatic rings. The topological polar surface area (TPSA) is 53.3 Å². The molecule has 5 nitrogen and oxygen atoms in total. The van der Waals surface area contributed by atoms with Gasteiger partial charge in [-0.25, -0.2) is 14.2 Å². The van der Waals surface area contributed by atoms with Crippen molar-refractivity contribution in [3.05, 3.63) is 28.8 Å². The predicted molar refractivity (Wildman–Crippen MR) is 88.9 cm³/mol. The number of esters is 1. The number of hydrogen-bond acceptors (Lipinski definition) is 4. The minimum Gasteiger partial charge on any atom is -0.462 e. The highest BCUT2D eigenvalue weighted by atomic mass is 35.5. The maximum Gasteiger partial charge on any atom is 0.341 e. The Hall–Kier alpha value is -1.66. The van der Waals surface area contributed by atoms with Gasteiger partial charge < -0.3 is 14.0 Å². The number of benzene rings is 1. The summed E-state index contributed by atoms with van der Waals surface area (Å²) in [6, 6.07) is 1.53. The predicted octanol–water partition coefficient (Wildman–Crippen LogP) is 3.44. The number of alkyl halides is 1. The van der Waals surface area contributed by atoms with Gasteiger partial charge in [-0.2, -0.15) is 0 Å². The van der Waals surface area contributed by atoms with Crippen molar-refractivity contribution >= 4 is 28.6 Å². The lowest BCUT2D eigenvalue weighted by molar-refractivity contribution is -0.0589. The fourth-order valence-corrected chi connectivity index (χ4v) is 3.14. The van der Waals surface area contributed by atoms with E-state index in [9.17, 15) is 4.79 Å². The van der Waals surface area contributed by atoms with E-state index >= 15 is 4.39 Å². The van der Waals surface area contributed by atoms with Crippen LogP contribution in [0.25, 0.3) is 11.0 Å². The van der Waals surface area contributed by atoms with Crippen LogP contribution >= 0.6 is 11.6 Å². The van der Waals surface area contributed by atoms with E-state index in [1.165, 1.54) is 6.07 Å². The summed E-state index contributed by atoms with van der Waals surface area (Å²) in [4.78, 5) is 16.6. The number of halogens is 2. The molecule has 0 amide bonds. The van der Waals surface area contributed by atoms with Gasteiger partial charge in [0.1, 0.15) is 11.3 Å². The average molecular weight is 355 g/mol. The third kappa shape index (κ3) is 2.89. The van der Waals surface area contributed by atoms with E-state index < -0.39 is 11.8 Å². The molecule has 7 heteroatoms. The highest BCUT2D eigenvalue weighted by molar-refractivity contribution is 6.17. The van der Waals surface area contributed by atoms with Gasteiger partial charge in [-0.1, -0.05) is 6.92 Å². The number of carbonyl (C=O) groups excluding carboxylic acids is 1. The fourth-order valence-electron chi connectivity index (χ4n) is 2.94. The normalized spacial score (nSPS) is 17.1. The number of hydrogen-bond donors (Lipinski definition) is 0. The molecule has 0 aliphatic carbocycles. The summed E-state index contributed by atoms with van der Waals surface area (Å²) in [5, 5.41) is 0. The summed E-state index contributed by atoms with van der Waals surface area (Å²) in [6.45, 7) is 5.02. The Bertz CT molecular complexity index is 771. The van der Waals surface area contributed by atoms with Gasteiger partial charge in [0.15, 0.2) is 5.82 Å². The number of aryl methyl sites for hydroxylation is 1. The summed E-state index contributed by atoms with van der Waals surface area (Å²) < 4.78 is 27.3. The highest BCUT2D eigenvalue weighted by Crippen LogP contribution is 2.29. The zero-order chi connectivity index (χ0) is 17.3. The smallest absolute Gasteiger partial charge is 0.341 e. The van der Waals surface area contributed by atoms with Crippen molar-refractivity contribution in [2.24, 2.45) is 0 Å². The van der Waals surface area contributed by atoms with E-state index in [1.807, 2.05) is 6.92 Å². The van der Waals surface area contributed by atoms with Crippen LogP contribution in [0, 0.1) is 5.82 Å². The van der Waals surface area contributed by atoms with Crippen molar-refractivity contribution < 1.29 is 18.7 Å². The van der Waals surface area contributed by atoms with Gasteiger partial charge >= 0.3 is 5.97 Å². The molecule has 1 atom stereocenters. The molecule has 1 aliphatic rings. The third-order valence-electron chi connectivity index (χ3n) is 4.29. The second-order valence-electron chi connectivity index (χ2n) is 5.72. The Morgan fingerprint density at radius 3 is 2.83 bits per heavy atom. The summed E-state index contributed by atoms with van der Waals surface area (Å²) in [6.07, 6.45) is 1.57. The Labute approximate surface area is 144 Å². The summed E-state index contributed by atoms with van der Waals surface area (Å²) >= 11 is 6.01. The lowest BCUT2D eigenvalue weighted by atomic mass is 10.1. The van der Waals surface area contributed by atoms with E-state index in [-0.39, 0.29) is 24.2 Å². The Morgan fingerprint density at radius 1 is 1.54 bits per heavy atom. The number of fused-ring (bicyclic) bond motifs is 1. The SMILES string of the molecule is CCOC(=O)c1cc(CC)c2nc(CCl)n(C[C@@H]3CCO3)c2c1F. The Balaban J connectivity index is 2.20. The summed E-state index contributed by atoms with van der Waals surface area (Å²) in [5.74, 6) is -0.522. The number of imidazole rings is 1. The van der Waals surface area contributed by atoms with E-state index in [1.54, 1.807) is 11.5 Å². The number of rotatable bonds is 6. The van der Waals surface area contributed by atoms with Crippen molar-refractivity contribution in [1.29, 1.82) is 0 Å². The van der Waals surface area contributed by atoms with Crippen molar-refractivity contribution in [3.63, 3.8) is 0 Å². The van der Waals surface area contributed by atoms with Gasteiger partial charge in [0.2, 0.25) is 0 Å². The first kappa shape index (κ1) is 17.2. The molecule has 1 fully saturated rings. The molecule has 24 heavy (non-hydrogen) atoms. The average Bonchev–Trinajstić information content (AvgIpc) is 2.90. The molecular weight excluding hydrogens is 335 g/mol. The van der Waals surface area contributed by atoms with Crippen LogP contribution in [0.2, 0.25) is 0 Å². The molecule has 0 radical (unpaired) electrons. The Kier molecular flexibility index (Phi) is 5.06. The van der Waals surface area contributed by atoms with Crippen LogP contribution in [0.5, 0.6) is 0 Å². The maximum absolute atomic E-state index is 15.1.